The molecule has 1 aromatic heterocycles. The van der Waals surface area contributed by atoms with Gasteiger partial charge in [-0.05, 0) is 51.3 Å². The van der Waals surface area contributed by atoms with Crippen LogP contribution in [0, 0.1) is 13.8 Å². The molecule has 1 aromatic carbocycles. The number of aromatic nitrogens is 2. The van der Waals surface area contributed by atoms with Crippen molar-refractivity contribution in [1.82, 2.24) is 10.2 Å². The molecule has 0 amide bonds. The highest BCUT2D eigenvalue weighted by Gasteiger charge is 2.09. The van der Waals surface area contributed by atoms with Crippen molar-refractivity contribution in [2.45, 2.75) is 39.7 Å². The maximum absolute atomic E-state index is 9.24. The number of phenols is 1. The number of anilines is 1. The molecule has 0 aliphatic heterocycles. The topological polar surface area (TPSA) is 60.9 Å². The summed E-state index contributed by atoms with van der Waals surface area (Å²) in [6.45, 7) is 6.19. The van der Waals surface area contributed by atoms with E-state index in [1.165, 1.54) is 5.56 Å². The predicted molar refractivity (Wildman–Crippen MR) is 77.6 cm³/mol. The number of benzene rings is 1. The lowest BCUT2D eigenvalue weighted by molar-refractivity contribution is 0.475. The summed E-state index contributed by atoms with van der Waals surface area (Å²) in [4.78, 5) is 0. The number of phenolic OH excluding ortho intramolecular Hbond substituents is 1. The number of aryl methyl sites for hydroxylation is 3. The maximum atomic E-state index is 9.24. The monoisotopic (exact) mass is 259 g/mol. The van der Waals surface area contributed by atoms with E-state index in [9.17, 15) is 5.11 Å². The van der Waals surface area contributed by atoms with Gasteiger partial charge in [-0.25, -0.2) is 0 Å². The molecule has 0 bridgehead atoms. The lowest BCUT2D eigenvalue weighted by Gasteiger charge is -2.15. The first kappa shape index (κ1) is 13.5. The van der Waals surface area contributed by atoms with Gasteiger partial charge in [0.05, 0.1) is 17.1 Å². The normalized spacial score (nSPS) is 12.4. The molecule has 1 atom stereocenters. The minimum Gasteiger partial charge on any atom is -0.508 e. The molecule has 0 saturated carbocycles. The van der Waals surface area contributed by atoms with Gasteiger partial charge in [-0.1, -0.05) is 12.1 Å². The maximum Gasteiger partial charge on any atom is 0.115 e. The Morgan fingerprint density at radius 2 is 1.95 bits per heavy atom. The zero-order valence-corrected chi connectivity index (χ0v) is 11.7. The molecular weight excluding hydrogens is 238 g/mol. The Morgan fingerprint density at radius 3 is 2.53 bits per heavy atom. The summed E-state index contributed by atoms with van der Waals surface area (Å²) in [5.74, 6) is 0.319. The summed E-state index contributed by atoms with van der Waals surface area (Å²) in [5.41, 5.74) is 4.44. The fourth-order valence-corrected chi connectivity index (χ4v) is 2.13. The lowest BCUT2D eigenvalue weighted by atomic mass is 10.1. The van der Waals surface area contributed by atoms with Gasteiger partial charge in [-0.3, -0.25) is 5.10 Å². The van der Waals surface area contributed by atoms with Crippen molar-refractivity contribution in [3.8, 4) is 5.75 Å². The SMILES string of the molecule is Cc1n[nH]c(C)c1NC(C)CCc1ccc(O)cc1. The molecule has 102 valence electrons. The summed E-state index contributed by atoms with van der Waals surface area (Å²) in [5, 5.41) is 19.9. The Balaban J connectivity index is 1.88. The van der Waals surface area contributed by atoms with Gasteiger partial charge in [0.25, 0.3) is 0 Å². The van der Waals surface area contributed by atoms with Gasteiger partial charge in [-0.2, -0.15) is 5.10 Å². The molecule has 0 aliphatic rings. The van der Waals surface area contributed by atoms with Crippen LogP contribution in [-0.4, -0.2) is 21.3 Å². The Morgan fingerprint density at radius 1 is 1.26 bits per heavy atom. The van der Waals surface area contributed by atoms with E-state index in [1.54, 1.807) is 12.1 Å². The van der Waals surface area contributed by atoms with Crippen LogP contribution in [-0.2, 0) is 6.42 Å². The van der Waals surface area contributed by atoms with Crippen molar-refractivity contribution >= 4 is 5.69 Å². The van der Waals surface area contributed by atoms with Crippen molar-refractivity contribution in [3.63, 3.8) is 0 Å². The molecule has 3 N–H and O–H groups in total. The van der Waals surface area contributed by atoms with E-state index in [4.69, 9.17) is 0 Å². The third-order valence-corrected chi connectivity index (χ3v) is 3.32. The first-order chi connectivity index (χ1) is 9.06. The highest BCUT2D eigenvalue weighted by atomic mass is 16.3. The highest BCUT2D eigenvalue weighted by molar-refractivity contribution is 5.51. The van der Waals surface area contributed by atoms with E-state index < -0.39 is 0 Å². The van der Waals surface area contributed by atoms with E-state index in [1.807, 2.05) is 26.0 Å². The second-order valence-corrected chi connectivity index (χ2v) is 5.06. The molecule has 4 nitrogen and oxygen atoms in total. The number of H-pyrrole nitrogens is 1. The Labute approximate surface area is 113 Å². The van der Waals surface area contributed by atoms with Crippen molar-refractivity contribution < 1.29 is 5.11 Å². The highest BCUT2D eigenvalue weighted by Crippen LogP contribution is 2.19. The zero-order chi connectivity index (χ0) is 13.8. The number of hydrogen-bond donors (Lipinski definition) is 3. The van der Waals surface area contributed by atoms with Gasteiger partial charge >= 0.3 is 0 Å². The number of aromatic hydroxyl groups is 1. The van der Waals surface area contributed by atoms with Crippen LogP contribution in [0.2, 0.25) is 0 Å². The Bertz CT molecular complexity index is 511. The van der Waals surface area contributed by atoms with E-state index in [-0.39, 0.29) is 0 Å². The summed E-state index contributed by atoms with van der Waals surface area (Å²) in [7, 11) is 0. The van der Waals surface area contributed by atoms with Gasteiger partial charge in [0, 0.05) is 6.04 Å². The molecule has 2 aromatic rings. The summed E-state index contributed by atoms with van der Waals surface area (Å²) < 4.78 is 0. The van der Waals surface area contributed by atoms with Gasteiger partial charge in [-0.15, -0.1) is 0 Å². The largest absolute Gasteiger partial charge is 0.508 e. The molecule has 4 heteroatoms. The third-order valence-electron chi connectivity index (χ3n) is 3.32. The molecule has 0 fully saturated rings. The minimum atomic E-state index is 0.319. The van der Waals surface area contributed by atoms with Gasteiger partial charge < -0.3 is 10.4 Å². The lowest BCUT2D eigenvalue weighted by Crippen LogP contribution is -2.16. The number of nitrogens with zero attached hydrogens (tertiary/aromatic N) is 1. The minimum absolute atomic E-state index is 0.319. The number of rotatable bonds is 5. The second-order valence-electron chi connectivity index (χ2n) is 5.06. The first-order valence-corrected chi connectivity index (χ1v) is 6.62. The molecule has 1 unspecified atom stereocenters. The predicted octanol–water partition coefficient (Wildman–Crippen LogP) is 3.17. The van der Waals surface area contributed by atoms with Crippen LogP contribution in [0.15, 0.2) is 24.3 Å². The van der Waals surface area contributed by atoms with Crippen LogP contribution in [0.3, 0.4) is 0 Å². The smallest absolute Gasteiger partial charge is 0.115 e. The molecule has 19 heavy (non-hydrogen) atoms. The van der Waals surface area contributed by atoms with Crippen molar-refractivity contribution in [2.75, 3.05) is 5.32 Å². The third kappa shape index (κ3) is 3.50. The Kier molecular flexibility index (Phi) is 4.10. The van der Waals surface area contributed by atoms with Crippen molar-refractivity contribution in [3.05, 3.63) is 41.2 Å². The Hall–Kier alpha value is -1.97. The quantitative estimate of drug-likeness (QED) is 0.773. The molecule has 1 heterocycles. The van der Waals surface area contributed by atoms with Crippen LogP contribution in [0.1, 0.15) is 30.3 Å². The molecule has 2 rings (SSSR count). The van der Waals surface area contributed by atoms with Crippen LogP contribution in [0.5, 0.6) is 5.75 Å². The van der Waals surface area contributed by atoms with Gasteiger partial charge in [0.2, 0.25) is 0 Å². The average Bonchev–Trinajstić information content (AvgIpc) is 2.70. The van der Waals surface area contributed by atoms with E-state index in [0.29, 0.717) is 11.8 Å². The number of nitrogens with one attached hydrogen (secondary N) is 2. The summed E-state index contributed by atoms with van der Waals surface area (Å²) >= 11 is 0. The summed E-state index contributed by atoms with van der Waals surface area (Å²) in [6.07, 6.45) is 2.03. The molecule has 0 spiro atoms. The fraction of sp³-hybridized carbons (Fsp3) is 0.400. The first-order valence-electron chi connectivity index (χ1n) is 6.62. The van der Waals surface area contributed by atoms with Crippen LogP contribution < -0.4 is 5.32 Å². The van der Waals surface area contributed by atoms with Gasteiger partial charge in [0.1, 0.15) is 5.75 Å². The van der Waals surface area contributed by atoms with E-state index in [2.05, 4.69) is 22.4 Å². The van der Waals surface area contributed by atoms with Crippen LogP contribution in [0.4, 0.5) is 5.69 Å². The summed E-state index contributed by atoms with van der Waals surface area (Å²) in [6, 6.07) is 7.78. The van der Waals surface area contributed by atoms with Gasteiger partial charge in [0.15, 0.2) is 0 Å². The number of aromatic amines is 1. The van der Waals surface area contributed by atoms with Crippen LogP contribution >= 0.6 is 0 Å². The van der Waals surface area contributed by atoms with Crippen molar-refractivity contribution in [1.29, 1.82) is 0 Å². The molecule has 0 radical (unpaired) electrons. The average molecular weight is 259 g/mol. The zero-order valence-electron chi connectivity index (χ0n) is 11.7. The van der Waals surface area contributed by atoms with E-state index >= 15 is 0 Å². The van der Waals surface area contributed by atoms with Crippen LogP contribution in [0.25, 0.3) is 0 Å². The number of hydrogen-bond acceptors (Lipinski definition) is 3. The second kappa shape index (κ2) is 5.78. The molecular formula is C15H21N3O. The molecule has 0 aliphatic carbocycles. The van der Waals surface area contributed by atoms with Crippen molar-refractivity contribution in [2.24, 2.45) is 0 Å². The standard InChI is InChI=1S/C15H21N3O/c1-10(16-15-11(2)17-18-12(15)3)4-5-13-6-8-14(19)9-7-13/h6-10,16,19H,4-5H2,1-3H3,(H,17,18). The fourth-order valence-electron chi connectivity index (χ4n) is 2.13. The van der Waals surface area contributed by atoms with E-state index in [0.717, 1.165) is 29.9 Å². The molecule has 0 saturated heterocycles.